The van der Waals surface area contributed by atoms with Crippen molar-refractivity contribution in [3.63, 3.8) is 0 Å². The average molecular weight is 139 g/mol. The van der Waals surface area contributed by atoms with Crippen LogP contribution in [0.2, 0.25) is 0 Å². The normalized spacial score (nSPS) is 14.2. The van der Waals surface area contributed by atoms with E-state index in [1.54, 1.807) is 0 Å². The molecule has 2 N–H and O–H groups in total. The minimum atomic E-state index is 0. The summed E-state index contributed by atoms with van der Waals surface area (Å²) in [4.78, 5) is 0. The fourth-order valence-electron chi connectivity index (χ4n) is 0.177. The molecular formula is C5H15ClN2. The predicted molar refractivity (Wildman–Crippen MR) is 39.7 cm³/mol. The van der Waals surface area contributed by atoms with Crippen LogP contribution < -0.4 is 10.6 Å². The van der Waals surface area contributed by atoms with Crippen molar-refractivity contribution >= 4 is 12.4 Å². The van der Waals surface area contributed by atoms with E-state index in [9.17, 15) is 0 Å². The van der Waals surface area contributed by atoms with Crippen LogP contribution in [0, 0.1) is 0 Å². The smallest absolute Gasteiger partial charge is 0.00368 e. The quantitative estimate of drug-likeness (QED) is 0.501. The van der Waals surface area contributed by atoms with Gasteiger partial charge in [-0.2, -0.15) is 0 Å². The van der Waals surface area contributed by atoms with E-state index in [2.05, 4.69) is 10.6 Å². The van der Waals surface area contributed by atoms with E-state index >= 15 is 0 Å². The summed E-state index contributed by atoms with van der Waals surface area (Å²) in [6, 6.07) is 0. The number of halogens is 1. The second-order valence-electron chi connectivity index (χ2n) is 1.60. The second-order valence-corrected chi connectivity index (χ2v) is 1.60. The zero-order valence-electron chi connectivity index (χ0n) is 5.53. The SMILES string of the molecule is C1CNC1.CNC.Cl. The fourth-order valence-corrected chi connectivity index (χ4v) is 0.177. The summed E-state index contributed by atoms with van der Waals surface area (Å²) in [5.74, 6) is 0. The standard InChI is InChI=1S/C3H7N.C2H7N.ClH/c1-2-4-3-1;1-3-2;/h4H,1-3H2;3H,1-2H3;1H. The molecule has 1 heterocycles. The third-order valence-electron chi connectivity index (χ3n) is 0.707. The maximum Gasteiger partial charge on any atom is -0.00368 e. The van der Waals surface area contributed by atoms with Crippen LogP contribution in [0.5, 0.6) is 0 Å². The number of nitrogens with one attached hydrogen (secondary N) is 2. The molecule has 0 amide bonds. The summed E-state index contributed by atoms with van der Waals surface area (Å²) in [5.41, 5.74) is 0. The van der Waals surface area contributed by atoms with Crippen molar-refractivity contribution < 1.29 is 0 Å². The first-order valence-electron chi connectivity index (χ1n) is 2.71. The van der Waals surface area contributed by atoms with Crippen LogP contribution in [0.15, 0.2) is 0 Å². The average Bonchev–Trinajstić information content (AvgIpc) is 1.27. The van der Waals surface area contributed by atoms with E-state index < -0.39 is 0 Å². The predicted octanol–water partition coefficient (Wildman–Crippen LogP) is 0.237. The highest BCUT2D eigenvalue weighted by atomic mass is 35.5. The largest absolute Gasteiger partial charge is 0.323 e. The molecule has 1 aliphatic heterocycles. The Hall–Kier alpha value is 0.210. The molecule has 0 unspecified atom stereocenters. The van der Waals surface area contributed by atoms with E-state index in [-0.39, 0.29) is 12.4 Å². The Bertz CT molecular complexity index is 25.6. The van der Waals surface area contributed by atoms with Crippen molar-refractivity contribution in [2.24, 2.45) is 0 Å². The lowest BCUT2D eigenvalue weighted by molar-refractivity contribution is 0.527. The Morgan fingerprint density at radius 1 is 1.25 bits per heavy atom. The first kappa shape index (κ1) is 11.1. The van der Waals surface area contributed by atoms with Gasteiger partial charge in [-0.3, -0.25) is 0 Å². The molecule has 0 atom stereocenters. The molecule has 0 aromatic rings. The van der Waals surface area contributed by atoms with E-state index in [1.807, 2.05) is 14.1 Å². The number of hydrogen-bond donors (Lipinski definition) is 2. The molecule has 1 fully saturated rings. The third kappa shape index (κ3) is 9.51. The minimum Gasteiger partial charge on any atom is -0.323 e. The molecule has 0 bridgehead atoms. The lowest BCUT2D eigenvalue weighted by Gasteiger charge is -2.09. The topological polar surface area (TPSA) is 24.1 Å². The Morgan fingerprint density at radius 3 is 1.38 bits per heavy atom. The van der Waals surface area contributed by atoms with Crippen molar-refractivity contribution in [3.05, 3.63) is 0 Å². The van der Waals surface area contributed by atoms with Crippen LogP contribution in [0.3, 0.4) is 0 Å². The van der Waals surface area contributed by atoms with Gasteiger partial charge in [0.25, 0.3) is 0 Å². The van der Waals surface area contributed by atoms with Gasteiger partial charge in [-0.25, -0.2) is 0 Å². The molecule has 2 nitrogen and oxygen atoms in total. The molecule has 0 aromatic carbocycles. The molecule has 0 aliphatic carbocycles. The second kappa shape index (κ2) is 10.2. The minimum absolute atomic E-state index is 0. The maximum absolute atomic E-state index is 3.11. The number of rotatable bonds is 0. The summed E-state index contributed by atoms with van der Waals surface area (Å²) in [6.45, 7) is 2.50. The molecule has 8 heavy (non-hydrogen) atoms. The van der Waals surface area contributed by atoms with Crippen LogP contribution >= 0.6 is 12.4 Å². The lowest BCUT2D eigenvalue weighted by Crippen LogP contribution is -2.29. The van der Waals surface area contributed by atoms with Crippen LogP contribution in [0.1, 0.15) is 6.42 Å². The van der Waals surface area contributed by atoms with Crippen molar-refractivity contribution in [2.75, 3.05) is 27.2 Å². The number of hydrogen-bond acceptors (Lipinski definition) is 2. The molecule has 0 aromatic heterocycles. The molecule has 1 aliphatic rings. The van der Waals surface area contributed by atoms with Crippen LogP contribution in [0.4, 0.5) is 0 Å². The first-order valence-corrected chi connectivity index (χ1v) is 2.71. The van der Waals surface area contributed by atoms with Gasteiger partial charge >= 0.3 is 0 Å². The summed E-state index contributed by atoms with van der Waals surface area (Å²) in [6.07, 6.45) is 1.39. The van der Waals surface area contributed by atoms with Crippen LogP contribution in [-0.4, -0.2) is 27.2 Å². The molecule has 3 heteroatoms. The lowest BCUT2D eigenvalue weighted by atomic mass is 10.3. The summed E-state index contributed by atoms with van der Waals surface area (Å²) in [7, 11) is 3.75. The van der Waals surface area contributed by atoms with Gasteiger partial charge in [-0.05, 0) is 33.6 Å². The molecule has 1 saturated heterocycles. The Morgan fingerprint density at radius 2 is 1.38 bits per heavy atom. The van der Waals surface area contributed by atoms with Gasteiger partial charge in [0, 0.05) is 0 Å². The highest BCUT2D eigenvalue weighted by molar-refractivity contribution is 5.85. The Balaban J connectivity index is 0. The van der Waals surface area contributed by atoms with Crippen molar-refractivity contribution in [3.8, 4) is 0 Å². The molecular weight excluding hydrogens is 124 g/mol. The van der Waals surface area contributed by atoms with Gasteiger partial charge in [0.15, 0.2) is 0 Å². The van der Waals surface area contributed by atoms with E-state index in [1.165, 1.54) is 19.5 Å². The van der Waals surface area contributed by atoms with Crippen molar-refractivity contribution in [2.45, 2.75) is 6.42 Å². The zero-order valence-corrected chi connectivity index (χ0v) is 6.35. The fraction of sp³-hybridized carbons (Fsp3) is 1.00. The monoisotopic (exact) mass is 138 g/mol. The van der Waals surface area contributed by atoms with Crippen molar-refractivity contribution in [1.29, 1.82) is 0 Å². The summed E-state index contributed by atoms with van der Waals surface area (Å²) >= 11 is 0. The van der Waals surface area contributed by atoms with Crippen LogP contribution in [0.25, 0.3) is 0 Å². The van der Waals surface area contributed by atoms with Gasteiger partial charge in [0.1, 0.15) is 0 Å². The molecule has 52 valence electrons. The Labute approximate surface area is 57.5 Å². The van der Waals surface area contributed by atoms with E-state index in [0.717, 1.165) is 0 Å². The molecule has 1 rings (SSSR count). The van der Waals surface area contributed by atoms with E-state index in [0.29, 0.717) is 0 Å². The third-order valence-corrected chi connectivity index (χ3v) is 0.707. The highest BCUT2D eigenvalue weighted by Crippen LogP contribution is 1.80. The van der Waals surface area contributed by atoms with Gasteiger partial charge in [-0.15, -0.1) is 12.4 Å². The van der Waals surface area contributed by atoms with Gasteiger partial charge in [-0.1, -0.05) is 0 Å². The molecule has 0 radical (unpaired) electrons. The summed E-state index contributed by atoms with van der Waals surface area (Å²) < 4.78 is 0. The zero-order chi connectivity index (χ0) is 5.54. The van der Waals surface area contributed by atoms with Gasteiger partial charge in [0.2, 0.25) is 0 Å². The van der Waals surface area contributed by atoms with Crippen molar-refractivity contribution in [1.82, 2.24) is 10.6 Å². The maximum atomic E-state index is 3.11. The summed E-state index contributed by atoms with van der Waals surface area (Å²) in [5, 5.41) is 5.86. The first-order chi connectivity index (χ1) is 3.41. The van der Waals surface area contributed by atoms with Gasteiger partial charge < -0.3 is 10.6 Å². The van der Waals surface area contributed by atoms with Crippen LogP contribution in [-0.2, 0) is 0 Å². The molecule has 0 saturated carbocycles. The van der Waals surface area contributed by atoms with Gasteiger partial charge in [0.05, 0.1) is 0 Å². The highest BCUT2D eigenvalue weighted by Gasteiger charge is 1.92. The van der Waals surface area contributed by atoms with E-state index in [4.69, 9.17) is 0 Å². The Kier molecular flexibility index (Phi) is 14.2. The molecule has 0 spiro atoms.